The lowest BCUT2D eigenvalue weighted by Crippen LogP contribution is -2.38. The third-order valence-electron chi connectivity index (χ3n) is 5.75. The van der Waals surface area contributed by atoms with Crippen molar-refractivity contribution in [3.05, 3.63) is 23.8 Å². The van der Waals surface area contributed by atoms with Crippen LogP contribution in [0.1, 0.15) is 57.4 Å². The highest BCUT2D eigenvalue weighted by molar-refractivity contribution is 14.0. The van der Waals surface area contributed by atoms with Crippen molar-refractivity contribution in [2.45, 2.75) is 70.6 Å². The van der Waals surface area contributed by atoms with Crippen molar-refractivity contribution in [3.63, 3.8) is 0 Å². The van der Waals surface area contributed by atoms with Crippen molar-refractivity contribution < 1.29 is 18.9 Å². The van der Waals surface area contributed by atoms with Crippen LogP contribution in [0.5, 0.6) is 11.5 Å². The summed E-state index contributed by atoms with van der Waals surface area (Å²) in [5.41, 5.74) is 1.05. The number of aliphatic imine (C=N–C) groups is 1. The molecule has 2 aliphatic rings. The van der Waals surface area contributed by atoms with E-state index in [0.29, 0.717) is 12.6 Å². The Bertz CT molecular complexity index is 677. The van der Waals surface area contributed by atoms with E-state index in [9.17, 15) is 0 Å². The predicted molar refractivity (Wildman–Crippen MR) is 139 cm³/mol. The molecule has 1 aliphatic carbocycles. The maximum atomic E-state index is 6.33. The molecule has 0 radical (unpaired) electrons. The zero-order chi connectivity index (χ0) is 21.7. The average Bonchev–Trinajstić information content (AvgIpc) is 3.31. The van der Waals surface area contributed by atoms with Crippen molar-refractivity contribution in [2.24, 2.45) is 4.99 Å². The van der Waals surface area contributed by atoms with Crippen LogP contribution in [0.3, 0.4) is 0 Å². The first-order valence-corrected chi connectivity index (χ1v) is 11.8. The van der Waals surface area contributed by atoms with Gasteiger partial charge in [0.15, 0.2) is 17.5 Å². The monoisotopic (exact) mass is 561 g/mol. The number of methoxy groups -OCH3 is 1. The fourth-order valence-corrected chi connectivity index (χ4v) is 4.03. The number of para-hydroxylation sites is 1. The standard InChI is InChI=1S/C24H39N3O4.HI/c1-3-25-24(26-14-7-15-30-20-12-16-29-17-13-20)27-18-19-8-6-11-22(28-2)23(19)31-21-9-4-5-10-21;/h6,8,11,20-21H,3-5,7,9-10,12-18H2,1-2H3,(H2,25,26,27);1H. The topological polar surface area (TPSA) is 73.3 Å². The summed E-state index contributed by atoms with van der Waals surface area (Å²) in [5.74, 6) is 2.42. The molecule has 2 fully saturated rings. The van der Waals surface area contributed by atoms with E-state index < -0.39 is 0 Å². The Hall–Kier alpha value is -1.26. The number of nitrogens with zero attached hydrogens (tertiary/aromatic N) is 1. The summed E-state index contributed by atoms with van der Waals surface area (Å²) in [5, 5.41) is 6.74. The highest BCUT2D eigenvalue weighted by Crippen LogP contribution is 2.35. The number of halogens is 1. The second kappa shape index (κ2) is 15.6. The molecule has 0 atom stereocenters. The molecule has 0 bridgehead atoms. The molecule has 1 heterocycles. The van der Waals surface area contributed by atoms with Crippen molar-refractivity contribution >= 4 is 29.9 Å². The van der Waals surface area contributed by atoms with Gasteiger partial charge in [-0.1, -0.05) is 12.1 Å². The molecule has 8 heteroatoms. The maximum absolute atomic E-state index is 6.33. The summed E-state index contributed by atoms with van der Waals surface area (Å²) >= 11 is 0. The van der Waals surface area contributed by atoms with Crippen LogP contribution in [0.25, 0.3) is 0 Å². The predicted octanol–water partition coefficient (Wildman–Crippen LogP) is 4.28. The van der Waals surface area contributed by atoms with E-state index in [1.165, 1.54) is 12.8 Å². The second-order valence-corrected chi connectivity index (χ2v) is 8.13. The van der Waals surface area contributed by atoms with E-state index in [0.717, 1.165) is 88.0 Å². The van der Waals surface area contributed by atoms with Gasteiger partial charge in [0.2, 0.25) is 0 Å². The number of rotatable bonds is 11. The molecule has 1 aromatic rings. The first-order chi connectivity index (χ1) is 15.3. The van der Waals surface area contributed by atoms with Crippen LogP contribution in [0, 0.1) is 0 Å². The number of hydrogen-bond donors (Lipinski definition) is 2. The number of guanidine groups is 1. The van der Waals surface area contributed by atoms with Crippen LogP contribution in [0.2, 0.25) is 0 Å². The lowest BCUT2D eigenvalue weighted by molar-refractivity contribution is -0.0320. The summed E-state index contributed by atoms with van der Waals surface area (Å²) in [4.78, 5) is 4.78. The first kappa shape index (κ1) is 27.0. The smallest absolute Gasteiger partial charge is 0.191 e. The summed E-state index contributed by atoms with van der Waals surface area (Å²) in [6, 6.07) is 6.03. The summed E-state index contributed by atoms with van der Waals surface area (Å²) < 4.78 is 23.2. The zero-order valence-corrected chi connectivity index (χ0v) is 21.9. The lowest BCUT2D eigenvalue weighted by atomic mass is 10.1. The molecule has 0 spiro atoms. The van der Waals surface area contributed by atoms with Crippen LogP contribution in [-0.4, -0.2) is 58.2 Å². The first-order valence-electron chi connectivity index (χ1n) is 11.8. The molecule has 1 aliphatic heterocycles. The number of benzene rings is 1. The molecule has 3 rings (SSSR count). The molecule has 1 saturated carbocycles. The van der Waals surface area contributed by atoms with Gasteiger partial charge in [0.05, 0.1) is 25.9 Å². The minimum absolute atomic E-state index is 0. The third kappa shape index (κ3) is 8.94. The summed E-state index contributed by atoms with van der Waals surface area (Å²) in [6.07, 6.45) is 8.27. The molecule has 0 unspecified atom stereocenters. The van der Waals surface area contributed by atoms with Gasteiger partial charge in [0.25, 0.3) is 0 Å². The fourth-order valence-electron chi connectivity index (χ4n) is 4.03. The molecule has 1 aromatic carbocycles. The molecule has 2 N–H and O–H groups in total. The Balaban J connectivity index is 0.00000363. The molecule has 0 amide bonds. The largest absolute Gasteiger partial charge is 0.493 e. The third-order valence-corrected chi connectivity index (χ3v) is 5.75. The maximum Gasteiger partial charge on any atom is 0.191 e. The zero-order valence-electron chi connectivity index (χ0n) is 19.6. The van der Waals surface area contributed by atoms with Gasteiger partial charge in [-0.05, 0) is 57.9 Å². The minimum Gasteiger partial charge on any atom is -0.493 e. The van der Waals surface area contributed by atoms with E-state index in [-0.39, 0.29) is 30.1 Å². The van der Waals surface area contributed by atoms with Gasteiger partial charge >= 0.3 is 0 Å². The Labute approximate surface area is 210 Å². The van der Waals surface area contributed by atoms with Crippen LogP contribution in [0.15, 0.2) is 23.2 Å². The van der Waals surface area contributed by atoms with Gasteiger partial charge in [0, 0.05) is 38.5 Å². The molecular weight excluding hydrogens is 521 g/mol. The van der Waals surface area contributed by atoms with Gasteiger partial charge in [-0.3, -0.25) is 0 Å². The van der Waals surface area contributed by atoms with Crippen LogP contribution in [0.4, 0.5) is 0 Å². The fraction of sp³-hybridized carbons (Fsp3) is 0.708. The number of ether oxygens (including phenoxy) is 4. The number of nitrogens with one attached hydrogen (secondary N) is 2. The lowest BCUT2D eigenvalue weighted by Gasteiger charge is -2.22. The van der Waals surface area contributed by atoms with E-state index in [1.54, 1.807) is 7.11 Å². The van der Waals surface area contributed by atoms with Crippen molar-refractivity contribution in [3.8, 4) is 11.5 Å². The van der Waals surface area contributed by atoms with Gasteiger partial charge in [-0.2, -0.15) is 0 Å². The minimum atomic E-state index is 0. The average molecular weight is 562 g/mol. The Kier molecular flexibility index (Phi) is 13.1. The Morgan fingerprint density at radius 1 is 1.09 bits per heavy atom. The highest BCUT2D eigenvalue weighted by atomic mass is 127. The van der Waals surface area contributed by atoms with Crippen molar-refractivity contribution in [1.82, 2.24) is 10.6 Å². The van der Waals surface area contributed by atoms with Crippen LogP contribution < -0.4 is 20.1 Å². The molecule has 1 saturated heterocycles. The molecular formula is C24H40IN3O4. The molecule has 32 heavy (non-hydrogen) atoms. The number of hydrogen-bond acceptors (Lipinski definition) is 5. The van der Waals surface area contributed by atoms with Crippen molar-refractivity contribution in [2.75, 3.05) is 40.0 Å². The SMILES string of the molecule is CCNC(=NCc1cccc(OC)c1OC1CCCC1)NCCCOC1CCOCC1.I. The summed E-state index contributed by atoms with van der Waals surface area (Å²) in [7, 11) is 1.69. The normalized spacial score (nSPS) is 17.6. The second-order valence-electron chi connectivity index (χ2n) is 8.13. The highest BCUT2D eigenvalue weighted by Gasteiger charge is 2.20. The van der Waals surface area contributed by atoms with Gasteiger partial charge < -0.3 is 29.6 Å². The summed E-state index contributed by atoms with van der Waals surface area (Å²) in [6.45, 7) is 6.63. The van der Waals surface area contributed by atoms with Gasteiger partial charge in [-0.15, -0.1) is 24.0 Å². The van der Waals surface area contributed by atoms with Crippen molar-refractivity contribution in [1.29, 1.82) is 0 Å². The Morgan fingerprint density at radius 3 is 2.59 bits per heavy atom. The van der Waals surface area contributed by atoms with E-state index in [4.69, 9.17) is 23.9 Å². The van der Waals surface area contributed by atoms with Gasteiger partial charge in [-0.25, -0.2) is 4.99 Å². The van der Waals surface area contributed by atoms with E-state index in [1.807, 2.05) is 12.1 Å². The van der Waals surface area contributed by atoms with Crippen LogP contribution in [-0.2, 0) is 16.0 Å². The van der Waals surface area contributed by atoms with E-state index >= 15 is 0 Å². The Morgan fingerprint density at radius 2 is 1.88 bits per heavy atom. The quantitative estimate of drug-likeness (QED) is 0.182. The van der Waals surface area contributed by atoms with Crippen LogP contribution >= 0.6 is 24.0 Å². The van der Waals surface area contributed by atoms with Gasteiger partial charge in [0.1, 0.15) is 0 Å². The molecule has 7 nitrogen and oxygen atoms in total. The van der Waals surface area contributed by atoms with E-state index in [2.05, 4.69) is 23.6 Å². The molecule has 182 valence electrons. The molecule has 0 aromatic heterocycles.